The molecule has 0 bridgehead atoms. The van der Waals surface area contributed by atoms with Crippen molar-refractivity contribution >= 4 is 16.9 Å². The molecule has 1 aromatic heterocycles. The predicted molar refractivity (Wildman–Crippen MR) is 61.5 cm³/mol. The fraction of sp³-hybridized carbons (Fsp3) is 0.273. The summed E-state index contributed by atoms with van der Waals surface area (Å²) in [5, 5.41) is 3.10. The van der Waals surface area contributed by atoms with Crippen molar-refractivity contribution in [3.8, 4) is 0 Å². The van der Waals surface area contributed by atoms with Crippen LogP contribution in [0.1, 0.15) is 11.3 Å². The van der Waals surface area contributed by atoms with Crippen LogP contribution in [0.5, 0.6) is 0 Å². The van der Waals surface area contributed by atoms with Crippen LogP contribution < -0.4 is 11.1 Å². The molecule has 78 valence electrons. The van der Waals surface area contributed by atoms with Crippen LogP contribution in [0.3, 0.4) is 0 Å². The highest BCUT2D eigenvalue weighted by atomic mass is 14.9. The highest BCUT2D eigenvalue weighted by Crippen LogP contribution is 2.15. The van der Waals surface area contributed by atoms with Gasteiger partial charge in [-0.2, -0.15) is 0 Å². The van der Waals surface area contributed by atoms with E-state index in [1.165, 1.54) is 5.56 Å². The van der Waals surface area contributed by atoms with Gasteiger partial charge in [0.1, 0.15) is 5.82 Å². The summed E-state index contributed by atoms with van der Waals surface area (Å²) in [5.41, 5.74) is 9.43. The zero-order valence-electron chi connectivity index (χ0n) is 8.91. The van der Waals surface area contributed by atoms with E-state index in [1.807, 2.05) is 32.2 Å². The molecule has 0 radical (unpaired) electrons. The molecule has 0 fully saturated rings. The van der Waals surface area contributed by atoms with Gasteiger partial charge in [-0.05, 0) is 31.7 Å². The lowest BCUT2D eigenvalue weighted by molar-refractivity contribution is 0.818. The van der Waals surface area contributed by atoms with Crippen molar-refractivity contribution in [3.63, 3.8) is 0 Å². The van der Waals surface area contributed by atoms with Gasteiger partial charge in [-0.25, -0.2) is 9.97 Å². The van der Waals surface area contributed by atoms with E-state index >= 15 is 0 Å². The molecule has 0 aliphatic rings. The van der Waals surface area contributed by atoms with Crippen LogP contribution in [0.25, 0.3) is 11.0 Å². The minimum atomic E-state index is 0.504. The van der Waals surface area contributed by atoms with Crippen LogP contribution >= 0.6 is 0 Å². The molecular formula is C11H14N4. The maximum Gasteiger partial charge on any atom is 0.145 e. The van der Waals surface area contributed by atoms with E-state index in [0.717, 1.165) is 23.3 Å². The van der Waals surface area contributed by atoms with Gasteiger partial charge >= 0.3 is 0 Å². The third-order valence-electron chi connectivity index (χ3n) is 2.32. The summed E-state index contributed by atoms with van der Waals surface area (Å²) in [4.78, 5) is 8.67. The van der Waals surface area contributed by atoms with Gasteiger partial charge in [0.2, 0.25) is 0 Å². The zero-order chi connectivity index (χ0) is 10.8. The normalized spacial score (nSPS) is 10.8. The Labute approximate surface area is 88.5 Å². The molecule has 0 atom stereocenters. The molecule has 4 heteroatoms. The number of rotatable bonds is 2. The summed E-state index contributed by atoms with van der Waals surface area (Å²) in [6.45, 7) is 2.69. The first-order valence-electron chi connectivity index (χ1n) is 4.88. The highest BCUT2D eigenvalue weighted by Gasteiger charge is 2.02. The SMILES string of the molecule is CNCc1ccc2nc(C)c(N)nc2c1. The topological polar surface area (TPSA) is 63.8 Å². The molecule has 0 aliphatic carbocycles. The third-order valence-corrected chi connectivity index (χ3v) is 2.32. The average Bonchev–Trinajstić information content (AvgIpc) is 2.21. The molecule has 0 spiro atoms. The van der Waals surface area contributed by atoms with E-state index in [2.05, 4.69) is 15.3 Å². The third kappa shape index (κ3) is 1.89. The van der Waals surface area contributed by atoms with Crippen molar-refractivity contribution in [2.45, 2.75) is 13.5 Å². The van der Waals surface area contributed by atoms with Crippen molar-refractivity contribution in [1.82, 2.24) is 15.3 Å². The molecule has 0 amide bonds. The molecule has 2 aromatic rings. The monoisotopic (exact) mass is 202 g/mol. The van der Waals surface area contributed by atoms with E-state index in [9.17, 15) is 0 Å². The standard InChI is InChI=1S/C11H14N4/c1-7-11(12)15-10-5-8(6-13-2)3-4-9(10)14-7/h3-5,13H,6H2,1-2H3,(H2,12,15). The maximum atomic E-state index is 5.72. The molecule has 0 saturated carbocycles. The quantitative estimate of drug-likeness (QED) is 0.769. The average molecular weight is 202 g/mol. The fourth-order valence-corrected chi connectivity index (χ4v) is 1.52. The summed E-state index contributed by atoms with van der Waals surface area (Å²) >= 11 is 0. The minimum absolute atomic E-state index is 0.504. The molecule has 1 aromatic carbocycles. The summed E-state index contributed by atoms with van der Waals surface area (Å²) in [6, 6.07) is 6.03. The predicted octanol–water partition coefficient (Wildman–Crippen LogP) is 1.24. The first-order valence-corrected chi connectivity index (χ1v) is 4.88. The number of nitrogens with one attached hydrogen (secondary N) is 1. The van der Waals surface area contributed by atoms with Gasteiger partial charge in [0, 0.05) is 6.54 Å². The van der Waals surface area contributed by atoms with E-state index in [-0.39, 0.29) is 0 Å². The molecule has 15 heavy (non-hydrogen) atoms. The Bertz CT molecular complexity index is 493. The molecule has 3 N–H and O–H groups in total. The maximum absolute atomic E-state index is 5.72. The summed E-state index contributed by atoms with van der Waals surface area (Å²) in [7, 11) is 1.92. The molecule has 0 saturated heterocycles. The molecule has 2 rings (SSSR count). The number of nitrogens with zero attached hydrogens (tertiary/aromatic N) is 2. The van der Waals surface area contributed by atoms with E-state index in [0.29, 0.717) is 5.82 Å². The second-order valence-electron chi connectivity index (χ2n) is 3.55. The summed E-state index contributed by atoms with van der Waals surface area (Å²) < 4.78 is 0. The van der Waals surface area contributed by atoms with E-state index in [4.69, 9.17) is 5.73 Å². The number of aromatic nitrogens is 2. The summed E-state index contributed by atoms with van der Waals surface area (Å²) in [5.74, 6) is 0.504. The molecule has 0 aliphatic heterocycles. The van der Waals surface area contributed by atoms with Gasteiger partial charge in [0.25, 0.3) is 0 Å². The Kier molecular flexibility index (Phi) is 2.51. The van der Waals surface area contributed by atoms with Crippen LogP contribution in [-0.4, -0.2) is 17.0 Å². The number of hydrogen-bond donors (Lipinski definition) is 2. The van der Waals surface area contributed by atoms with Crippen molar-refractivity contribution in [1.29, 1.82) is 0 Å². The van der Waals surface area contributed by atoms with Crippen molar-refractivity contribution < 1.29 is 0 Å². The Morgan fingerprint density at radius 1 is 1.27 bits per heavy atom. The minimum Gasteiger partial charge on any atom is -0.382 e. The number of nitrogens with two attached hydrogens (primary N) is 1. The van der Waals surface area contributed by atoms with Gasteiger partial charge < -0.3 is 11.1 Å². The second kappa shape index (κ2) is 3.82. The lowest BCUT2D eigenvalue weighted by Gasteiger charge is -2.04. The van der Waals surface area contributed by atoms with Crippen molar-refractivity contribution in [2.24, 2.45) is 0 Å². The lowest BCUT2D eigenvalue weighted by atomic mass is 10.2. The van der Waals surface area contributed by atoms with Gasteiger partial charge in [0.05, 0.1) is 16.7 Å². The van der Waals surface area contributed by atoms with Crippen LogP contribution in [0.4, 0.5) is 5.82 Å². The smallest absolute Gasteiger partial charge is 0.145 e. The molecular weight excluding hydrogens is 188 g/mol. The largest absolute Gasteiger partial charge is 0.382 e. The Hall–Kier alpha value is -1.68. The first kappa shape index (κ1) is 9.86. The number of hydrogen-bond acceptors (Lipinski definition) is 4. The van der Waals surface area contributed by atoms with Gasteiger partial charge in [-0.15, -0.1) is 0 Å². The Balaban J connectivity index is 2.56. The number of aryl methyl sites for hydroxylation is 1. The van der Waals surface area contributed by atoms with Gasteiger partial charge in [0.15, 0.2) is 0 Å². The number of anilines is 1. The van der Waals surface area contributed by atoms with Crippen LogP contribution in [-0.2, 0) is 6.54 Å². The number of fused-ring (bicyclic) bond motifs is 1. The van der Waals surface area contributed by atoms with Crippen LogP contribution in [0.2, 0.25) is 0 Å². The van der Waals surface area contributed by atoms with Gasteiger partial charge in [-0.3, -0.25) is 0 Å². The van der Waals surface area contributed by atoms with Gasteiger partial charge in [-0.1, -0.05) is 6.07 Å². The lowest BCUT2D eigenvalue weighted by Crippen LogP contribution is -2.05. The highest BCUT2D eigenvalue weighted by molar-refractivity contribution is 5.76. The second-order valence-corrected chi connectivity index (χ2v) is 3.55. The van der Waals surface area contributed by atoms with Crippen LogP contribution in [0.15, 0.2) is 18.2 Å². The van der Waals surface area contributed by atoms with E-state index in [1.54, 1.807) is 0 Å². The Morgan fingerprint density at radius 3 is 2.80 bits per heavy atom. The zero-order valence-corrected chi connectivity index (χ0v) is 8.91. The molecule has 0 unspecified atom stereocenters. The van der Waals surface area contributed by atoms with Crippen molar-refractivity contribution in [3.05, 3.63) is 29.5 Å². The Morgan fingerprint density at radius 2 is 2.07 bits per heavy atom. The number of benzene rings is 1. The first-order chi connectivity index (χ1) is 7.20. The molecule has 1 heterocycles. The van der Waals surface area contributed by atoms with E-state index < -0.39 is 0 Å². The van der Waals surface area contributed by atoms with Crippen molar-refractivity contribution in [2.75, 3.05) is 12.8 Å². The van der Waals surface area contributed by atoms with Crippen LogP contribution in [0, 0.1) is 6.92 Å². The fourth-order valence-electron chi connectivity index (χ4n) is 1.52. The molecule has 4 nitrogen and oxygen atoms in total. The number of nitrogen functional groups attached to an aromatic ring is 1. The summed E-state index contributed by atoms with van der Waals surface area (Å²) in [6.07, 6.45) is 0.